The van der Waals surface area contributed by atoms with E-state index >= 15 is 0 Å². The fraction of sp³-hybridized carbons (Fsp3) is 0.440. The van der Waals surface area contributed by atoms with E-state index < -0.39 is 11.7 Å². The standard InChI is InChI=1S/C25H31N5O4/c1-15(2)33-23(31)27-12-16-7-6-8-17(11-16)21-20-19-9-10-30(24(32)34-25(3,4)5)14-18(19)13-26-22(20)29-28-21/h6-8,11,13,15H,9-10,12,14H2,1-5H3,(H,27,31)(H,26,28,29). The average Bonchev–Trinajstić information content (AvgIpc) is 3.20. The van der Waals surface area contributed by atoms with Crippen LogP contribution in [-0.2, 0) is 29.0 Å². The summed E-state index contributed by atoms with van der Waals surface area (Å²) in [5, 5.41) is 11.3. The van der Waals surface area contributed by atoms with Gasteiger partial charge in [-0.3, -0.25) is 5.10 Å². The SMILES string of the molecule is CC(C)OC(=O)NCc1cccc(-c2[nH]nc3ncc4c(c23)CCN(C(=O)OC(C)(C)C)C4)c1. The molecule has 9 heteroatoms. The molecule has 34 heavy (non-hydrogen) atoms. The van der Waals surface area contributed by atoms with Gasteiger partial charge in [0.25, 0.3) is 0 Å². The van der Waals surface area contributed by atoms with Gasteiger partial charge < -0.3 is 19.7 Å². The van der Waals surface area contributed by atoms with E-state index in [1.807, 2.05) is 58.9 Å². The topological polar surface area (TPSA) is 109 Å². The molecule has 2 amide bonds. The molecule has 9 nitrogen and oxygen atoms in total. The lowest BCUT2D eigenvalue weighted by Crippen LogP contribution is -2.40. The normalized spacial score (nSPS) is 13.6. The van der Waals surface area contributed by atoms with Crippen molar-refractivity contribution in [2.45, 2.75) is 65.8 Å². The van der Waals surface area contributed by atoms with E-state index in [0.717, 1.165) is 33.3 Å². The summed E-state index contributed by atoms with van der Waals surface area (Å²) >= 11 is 0. The molecule has 0 saturated carbocycles. The Balaban J connectivity index is 1.58. The summed E-state index contributed by atoms with van der Waals surface area (Å²) < 4.78 is 10.7. The minimum atomic E-state index is -0.539. The number of hydrogen-bond acceptors (Lipinski definition) is 6. The highest BCUT2D eigenvalue weighted by Crippen LogP contribution is 2.33. The summed E-state index contributed by atoms with van der Waals surface area (Å²) in [5.41, 5.74) is 4.99. The van der Waals surface area contributed by atoms with Crippen LogP contribution in [0, 0.1) is 0 Å². The van der Waals surface area contributed by atoms with E-state index in [1.54, 1.807) is 11.1 Å². The number of fused-ring (bicyclic) bond motifs is 3. The molecule has 0 atom stereocenters. The third-order valence-corrected chi connectivity index (χ3v) is 5.42. The molecule has 0 radical (unpaired) electrons. The molecule has 2 N–H and O–H groups in total. The van der Waals surface area contributed by atoms with Crippen molar-refractivity contribution < 1.29 is 19.1 Å². The Labute approximate surface area is 198 Å². The summed E-state index contributed by atoms with van der Waals surface area (Å²) in [6, 6.07) is 7.90. The van der Waals surface area contributed by atoms with Gasteiger partial charge in [-0.1, -0.05) is 18.2 Å². The molecule has 3 aromatic rings. The zero-order valence-electron chi connectivity index (χ0n) is 20.3. The number of pyridine rings is 1. The van der Waals surface area contributed by atoms with Crippen LogP contribution >= 0.6 is 0 Å². The van der Waals surface area contributed by atoms with E-state index in [4.69, 9.17) is 9.47 Å². The minimum Gasteiger partial charge on any atom is -0.447 e. The van der Waals surface area contributed by atoms with E-state index in [9.17, 15) is 9.59 Å². The Bertz CT molecular complexity index is 1210. The molecule has 3 heterocycles. The molecular formula is C25H31N5O4. The molecule has 0 spiro atoms. The maximum atomic E-state index is 12.6. The number of carbonyl (C=O) groups excluding carboxylic acids is 2. The molecule has 1 aromatic carbocycles. The zero-order chi connectivity index (χ0) is 24.5. The lowest BCUT2D eigenvalue weighted by Gasteiger charge is -2.31. The van der Waals surface area contributed by atoms with E-state index in [2.05, 4.69) is 20.5 Å². The average molecular weight is 466 g/mol. The molecular weight excluding hydrogens is 434 g/mol. The summed E-state index contributed by atoms with van der Waals surface area (Å²) in [6.45, 7) is 10.6. The first-order chi connectivity index (χ1) is 16.1. The number of rotatable bonds is 4. The van der Waals surface area contributed by atoms with Crippen molar-refractivity contribution in [3.63, 3.8) is 0 Å². The van der Waals surface area contributed by atoms with E-state index in [1.165, 1.54) is 0 Å². The second-order valence-corrected chi connectivity index (χ2v) is 9.72. The maximum Gasteiger partial charge on any atom is 0.410 e. The summed E-state index contributed by atoms with van der Waals surface area (Å²) in [7, 11) is 0. The van der Waals surface area contributed by atoms with Crippen LogP contribution in [-0.4, -0.2) is 50.5 Å². The maximum absolute atomic E-state index is 12.6. The number of alkyl carbamates (subject to hydrolysis) is 1. The largest absolute Gasteiger partial charge is 0.447 e. The quantitative estimate of drug-likeness (QED) is 0.585. The van der Waals surface area contributed by atoms with Crippen molar-refractivity contribution in [2.24, 2.45) is 0 Å². The molecule has 2 aromatic heterocycles. The van der Waals surface area contributed by atoms with Gasteiger partial charge in [-0.05, 0) is 63.8 Å². The number of ether oxygens (including phenoxy) is 2. The monoisotopic (exact) mass is 465 g/mol. The Morgan fingerprint density at radius 1 is 1.26 bits per heavy atom. The van der Waals surface area contributed by atoms with Crippen LogP contribution in [0.4, 0.5) is 9.59 Å². The highest BCUT2D eigenvalue weighted by atomic mass is 16.6. The highest BCUT2D eigenvalue weighted by molar-refractivity contribution is 5.94. The van der Waals surface area contributed by atoms with Crippen LogP contribution in [0.25, 0.3) is 22.3 Å². The molecule has 180 valence electrons. The lowest BCUT2D eigenvalue weighted by molar-refractivity contribution is 0.0224. The van der Waals surface area contributed by atoms with Gasteiger partial charge in [-0.25, -0.2) is 14.6 Å². The van der Waals surface area contributed by atoms with Gasteiger partial charge in [0.1, 0.15) is 5.60 Å². The number of nitrogens with one attached hydrogen (secondary N) is 2. The number of carbonyl (C=O) groups is 2. The van der Waals surface area contributed by atoms with E-state index in [0.29, 0.717) is 31.7 Å². The third-order valence-electron chi connectivity index (χ3n) is 5.42. The van der Waals surface area contributed by atoms with Crippen LogP contribution in [0.5, 0.6) is 0 Å². The molecule has 0 saturated heterocycles. The van der Waals surface area contributed by atoms with Crippen LogP contribution in [0.2, 0.25) is 0 Å². The zero-order valence-corrected chi connectivity index (χ0v) is 20.3. The van der Waals surface area contributed by atoms with Crippen molar-refractivity contribution in [3.05, 3.63) is 47.2 Å². The van der Waals surface area contributed by atoms with Crippen molar-refractivity contribution >= 4 is 23.2 Å². The molecule has 0 fully saturated rings. The third kappa shape index (κ3) is 5.30. The van der Waals surface area contributed by atoms with Crippen LogP contribution in [0.3, 0.4) is 0 Å². The van der Waals surface area contributed by atoms with Gasteiger partial charge in [-0.2, -0.15) is 5.10 Å². The number of aromatic amines is 1. The van der Waals surface area contributed by atoms with Crippen molar-refractivity contribution in [2.75, 3.05) is 6.54 Å². The van der Waals surface area contributed by atoms with Gasteiger partial charge in [0.2, 0.25) is 0 Å². The number of aromatic nitrogens is 3. The smallest absolute Gasteiger partial charge is 0.410 e. The Hall–Kier alpha value is -3.62. The molecule has 1 aliphatic rings. The number of amides is 2. The first kappa shape index (κ1) is 23.5. The van der Waals surface area contributed by atoms with Gasteiger partial charge in [0, 0.05) is 24.8 Å². The molecule has 4 rings (SSSR count). The summed E-state index contributed by atoms with van der Waals surface area (Å²) in [5.74, 6) is 0. The number of nitrogens with zero attached hydrogens (tertiary/aromatic N) is 3. The second kappa shape index (κ2) is 9.32. The molecule has 0 aliphatic carbocycles. The van der Waals surface area contributed by atoms with Gasteiger partial charge >= 0.3 is 12.2 Å². The summed E-state index contributed by atoms with van der Waals surface area (Å²) in [6.07, 6.45) is 1.54. The highest BCUT2D eigenvalue weighted by Gasteiger charge is 2.28. The predicted molar refractivity (Wildman–Crippen MR) is 128 cm³/mol. The lowest BCUT2D eigenvalue weighted by atomic mass is 9.95. The minimum absolute atomic E-state index is 0.174. The van der Waals surface area contributed by atoms with Gasteiger partial charge in [0.05, 0.1) is 23.7 Å². The fourth-order valence-electron chi connectivity index (χ4n) is 4.00. The Kier molecular flexibility index (Phi) is 6.45. The van der Waals surface area contributed by atoms with Crippen molar-refractivity contribution in [3.8, 4) is 11.3 Å². The Morgan fingerprint density at radius 3 is 2.79 bits per heavy atom. The van der Waals surface area contributed by atoms with Crippen molar-refractivity contribution in [1.82, 2.24) is 25.4 Å². The van der Waals surface area contributed by atoms with Gasteiger partial charge in [0.15, 0.2) is 5.65 Å². The first-order valence-electron chi connectivity index (χ1n) is 11.5. The molecule has 0 unspecified atom stereocenters. The van der Waals surface area contributed by atoms with Gasteiger partial charge in [-0.15, -0.1) is 0 Å². The van der Waals surface area contributed by atoms with Crippen LogP contribution in [0.15, 0.2) is 30.5 Å². The molecule has 1 aliphatic heterocycles. The number of H-pyrrole nitrogens is 1. The number of hydrogen-bond donors (Lipinski definition) is 2. The second-order valence-electron chi connectivity index (χ2n) is 9.72. The van der Waals surface area contributed by atoms with Crippen LogP contribution in [0.1, 0.15) is 51.3 Å². The molecule has 0 bridgehead atoms. The first-order valence-corrected chi connectivity index (χ1v) is 11.5. The van der Waals surface area contributed by atoms with E-state index in [-0.39, 0.29) is 12.2 Å². The van der Waals surface area contributed by atoms with Crippen molar-refractivity contribution in [1.29, 1.82) is 0 Å². The van der Waals surface area contributed by atoms with Crippen LogP contribution < -0.4 is 5.32 Å². The number of benzene rings is 1. The predicted octanol–water partition coefficient (Wildman–Crippen LogP) is 4.55. The summed E-state index contributed by atoms with van der Waals surface area (Å²) in [4.78, 5) is 30.6. The fourth-order valence-corrected chi connectivity index (χ4v) is 4.00. The Morgan fingerprint density at radius 2 is 2.06 bits per heavy atom.